The van der Waals surface area contributed by atoms with E-state index < -0.39 is 23.8 Å². The van der Waals surface area contributed by atoms with Gasteiger partial charge in [-0.2, -0.15) is 0 Å². The maximum Gasteiger partial charge on any atom is 0.308 e. The Morgan fingerprint density at radius 2 is 2.00 bits per heavy atom. The number of amides is 1. The fourth-order valence-electron chi connectivity index (χ4n) is 6.14. The zero-order chi connectivity index (χ0) is 28.9. The van der Waals surface area contributed by atoms with Crippen LogP contribution in [-0.4, -0.2) is 81.0 Å². The van der Waals surface area contributed by atoms with E-state index in [2.05, 4.69) is 6.92 Å². The van der Waals surface area contributed by atoms with Gasteiger partial charge in [0, 0.05) is 31.1 Å². The molecular weight excluding hydrogens is 530 g/mol. The van der Waals surface area contributed by atoms with Gasteiger partial charge in [0.1, 0.15) is 12.7 Å². The molecule has 0 spiro atoms. The van der Waals surface area contributed by atoms with Gasteiger partial charge in [-0.15, -0.1) is 0 Å². The van der Waals surface area contributed by atoms with Crippen molar-refractivity contribution < 1.29 is 42.9 Å². The number of aryl methyl sites for hydroxylation is 1. The fraction of sp³-hybridized carbons (Fsp3) is 0.567. The van der Waals surface area contributed by atoms with E-state index >= 15 is 0 Å². The zero-order valence-corrected chi connectivity index (χ0v) is 24.0. The largest absolute Gasteiger partial charge is 0.493 e. The SMILES string of the molecule is CCCCN(C(=O)CN1C[C@H](c2cc(OC)c3c(c2)OCO3)C(C(=O)O)[C@@H]1CCC1OCCO1)c1ccc[n+](C)c1. The lowest BCUT2D eigenvalue weighted by atomic mass is 9.83. The van der Waals surface area contributed by atoms with E-state index in [9.17, 15) is 14.7 Å². The number of unbranched alkanes of at least 4 members (excludes halogenated alkanes) is 1. The maximum atomic E-state index is 13.9. The van der Waals surface area contributed by atoms with Crippen LogP contribution in [0.15, 0.2) is 36.7 Å². The number of benzene rings is 1. The lowest BCUT2D eigenvalue weighted by Gasteiger charge is -2.29. The molecule has 11 nitrogen and oxygen atoms in total. The van der Waals surface area contributed by atoms with Crippen molar-refractivity contribution in [3.05, 3.63) is 42.2 Å². The molecule has 3 aliphatic rings. The Labute approximate surface area is 240 Å². The van der Waals surface area contributed by atoms with Crippen LogP contribution in [0.3, 0.4) is 0 Å². The Balaban J connectivity index is 1.45. The standard InChI is InChI=1S/C30H39N3O8/c1-4-5-11-33(21-7-6-10-31(2)16-21)26(34)18-32-17-22(20-14-24(37-3)29-25(15-20)40-19-41-29)28(30(35)36)23(32)8-9-27-38-12-13-39-27/h6-7,10,14-16,22-23,27-28H,4-5,8-9,11-13,17-19H2,1-3H3/p+1/t22-,23+,28?/m1/s1. The molecule has 0 bridgehead atoms. The molecule has 222 valence electrons. The number of fused-ring (bicyclic) bond motifs is 1. The van der Waals surface area contributed by atoms with Crippen LogP contribution in [0, 0.1) is 5.92 Å². The summed E-state index contributed by atoms with van der Waals surface area (Å²) in [7, 11) is 3.48. The molecule has 0 saturated carbocycles. The maximum absolute atomic E-state index is 13.9. The molecule has 2 fully saturated rings. The third kappa shape index (κ3) is 6.42. The van der Waals surface area contributed by atoms with Gasteiger partial charge >= 0.3 is 5.97 Å². The first-order chi connectivity index (χ1) is 19.9. The van der Waals surface area contributed by atoms with E-state index in [4.69, 9.17) is 23.7 Å². The molecule has 1 N–H and O–H groups in total. The lowest BCUT2D eigenvalue weighted by molar-refractivity contribution is -0.670. The summed E-state index contributed by atoms with van der Waals surface area (Å²) in [4.78, 5) is 30.6. The van der Waals surface area contributed by atoms with E-state index in [0.717, 1.165) is 24.1 Å². The molecule has 2 saturated heterocycles. The van der Waals surface area contributed by atoms with Crippen LogP contribution in [0.4, 0.5) is 5.69 Å². The van der Waals surface area contributed by atoms with Gasteiger partial charge in [0.05, 0.1) is 32.8 Å². The van der Waals surface area contributed by atoms with Crippen LogP contribution in [0.1, 0.15) is 44.1 Å². The number of pyridine rings is 1. The van der Waals surface area contributed by atoms with Gasteiger partial charge in [0.15, 0.2) is 30.2 Å². The van der Waals surface area contributed by atoms with Crippen molar-refractivity contribution in [1.82, 2.24) is 4.90 Å². The molecule has 4 heterocycles. The molecule has 3 atom stereocenters. The third-order valence-electron chi connectivity index (χ3n) is 8.14. The van der Waals surface area contributed by atoms with Gasteiger partial charge in [0.25, 0.3) is 0 Å². The Hall–Kier alpha value is -3.41. The first kappa shape index (κ1) is 29.1. The lowest BCUT2D eigenvalue weighted by Crippen LogP contribution is -2.45. The number of aliphatic carboxylic acids is 1. The van der Waals surface area contributed by atoms with Crippen molar-refractivity contribution in [2.24, 2.45) is 13.0 Å². The normalized spacial score (nSPS) is 22.3. The molecule has 41 heavy (non-hydrogen) atoms. The predicted molar refractivity (Wildman–Crippen MR) is 148 cm³/mol. The van der Waals surface area contributed by atoms with E-state index in [1.807, 2.05) is 58.1 Å². The van der Waals surface area contributed by atoms with Gasteiger partial charge < -0.3 is 33.7 Å². The summed E-state index contributed by atoms with van der Waals surface area (Å²) in [6.45, 7) is 4.32. The monoisotopic (exact) mass is 570 g/mol. The van der Waals surface area contributed by atoms with Crippen molar-refractivity contribution >= 4 is 17.6 Å². The fourth-order valence-corrected chi connectivity index (χ4v) is 6.14. The highest BCUT2D eigenvalue weighted by atomic mass is 16.7. The summed E-state index contributed by atoms with van der Waals surface area (Å²) in [6, 6.07) is 7.13. The molecule has 5 rings (SSSR count). The Kier molecular flexibility index (Phi) is 9.26. The topological polar surface area (TPSA) is 111 Å². The minimum absolute atomic E-state index is 0.0592. The molecule has 3 aliphatic heterocycles. The first-order valence-corrected chi connectivity index (χ1v) is 14.3. The Morgan fingerprint density at radius 3 is 2.71 bits per heavy atom. The second-order valence-electron chi connectivity index (χ2n) is 10.8. The number of likely N-dealkylation sites (tertiary alicyclic amines) is 1. The number of hydrogen-bond donors (Lipinski definition) is 1. The number of carboxylic acid groups (broad SMARTS) is 1. The van der Waals surface area contributed by atoms with Crippen molar-refractivity contribution in [3.8, 4) is 17.2 Å². The van der Waals surface area contributed by atoms with E-state index in [0.29, 0.717) is 56.4 Å². The first-order valence-electron chi connectivity index (χ1n) is 14.3. The number of carboxylic acids is 1. The van der Waals surface area contributed by atoms with Gasteiger partial charge in [-0.25, -0.2) is 4.57 Å². The summed E-state index contributed by atoms with van der Waals surface area (Å²) < 4.78 is 30.0. The molecule has 2 aromatic rings. The molecule has 1 aromatic carbocycles. The van der Waals surface area contributed by atoms with Crippen LogP contribution in [0.25, 0.3) is 0 Å². The average molecular weight is 571 g/mol. The number of ether oxygens (including phenoxy) is 5. The summed E-state index contributed by atoms with van der Waals surface area (Å²) in [5, 5.41) is 10.5. The number of aromatic nitrogens is 1. The van der Waals surface area contributed by atoms with Gasteiger partial charge in [-0.05, 0) is 43.0 Å². The van der Waals surface area contributed by atoms with Crippen LogP contribution < -0.4 is 23.7 Å². The molecular formula is C30H40N3O8+. The summed E-state index contributed by atoms with van der Waals surface area (Å²) in [5.41, 5.74) is 1.61. The van der Waals surface area contributed by atoms with Crippen LogP contribution in [0.2, 0.25) is 0 Å². The van der Waals surface area contributed by atoms with Crippen LogP contribution in [0.5, 0.6) is 17.2 Å². The number of rotatable bonds is 12. The second kappa shape index (κ2) is 13.1. The number of anilines is 1. The van der Waals surface area contributed by atoms with Gasteiger partial charge in [0.2, 0.25) is 18.4 Å². The highest BCUT2D eigenvalue weighted by Crippen LogP contribution is 2.47. The Bertz CT molecular complexity index is 1230. The molecule has 1 aromatic heterocycles. The van der Waals surface area contributed by atoms with E-state index in [1.165, 1.54) is 0 Å². The number of carbonyl (C=O) groups excluding carboxylic acids is 1. The van der Waals surface area contributed by atoms with Gasteiger partial charge in [-0.3, -0.25) is 14.5 Å². The minimum atomic E-state index is -0.905. The van der Waals surface area contributed by atoms with Crippen molar-refractivity contribution in [2.45, 2.75) is 50.9 Å². The summed E-state index contributed by atoms with van der Waals surface area (Å²) in [5.74, 6) is -0.562. The summed E-state index contributed by atoms with van der Waals surface area (Å²) in [6.07, 6.45) is 6.37. The number of carbonyl (C=O) groups is 2. The highest BCUT2D eigenvalue weighted by Gasteiger charge is 2.48. The molecule has 0 aliphatic carbocycles. The van der Waals surface area contributed by atoms with Crippen molar-refractivity contribution in [1.29, 1.82) is 0 Å². The zero-order valence-electron chi connectivity index (χ0n) is 24.0. The smallest absolute Gasteiger partial charge is 0.308 e. The van der Waals surface area contributed by atoms with Crippen molar-refractivity contribution in [3.63, 3.8) is 0 Å². The molecule has 1 unspecified atom stereocenters. The molecule has 11 heteroatoms. The molecule has 0 radical (unpaired) electrons. The van der Waals surface area contributed by atoms with Crippen molar-refractivity contribution in [2.75, 3.05) is 51.7 Å². The highest BCUT2D eigenvalue weighted by molar-refractivity contribution is 5.94. The van der Waals surface area contributed by atoms with Crippen LogP contribution >= 0.6 is 0 Å². The minimum Gasteiger partial charge on any atom is -0.493 e. The third-order valence-corrected chi connectivity index (χ3v) is 8.14. The van der Waals surface area contributed by atoms with Gasteiger partial charge in [-0.1, -0.05) is 13.3 Å². The van der Waals surface area contributed by atoms with E-state index in [1.54, 1.807) is 7.11 Å². The van der Waals surface area contributed by atoms with Crippen LogP contribution in [-0.2, 0) is 26.1 Å². The predicted octanol–water partition coefficient (Wildman–Crippen LogP) is 2.70. The number of methoxy groups -OCH3 is 1. The van der Waals surface area contributed by atoms with E-state index in [-0.39, 0.29) is 25.5 Å². The second-order valence-corrected chi connectivity index (χ2v) is 10.8. The molecule has 1 amide bonds. The number of hydrogen-bond acceptors (Lipinski definition) is 8. The average Bonchev–Trinajstić information content (AvgIpc) is 3.72. The Morgan fingerprint density at radius 1 is 1.20 bits per heavy atom. The number of nitrogens with zero attached hydrogens (tertiary/aromatic N) is 3. The quantitative estimate of drug-likeness (QED) is 0.385. The summed E-state index contributed by atoms with van der Waals surface area (Å²) >= 11 is 0.